The molecule has 3 N–H and O–H groups in total. The van der Waals surface area contributed by atoms with Crippen LogP contribution in [0.4, 0.5) is 0 Å². The first kappa shape index (κ1) is 41.4. The van der Waals surface area contributed by atoms with Crippen LogP contribution in [0.25, 0.3) is 0 Å². The van der Waals surface area contributed by atoms with Crippen LogP contribution >= 0.6 is 0 Å². The molecule has 0 aromatic carbocycles. The third-order valence-electron chi connectivity index (χ3n) is 10.3. The van der Waals surface area contributed by atoms with Crippen molar-refractivity contribution in [2.45, 2.75) is 172 Å². The van der Waals surface area contributed by atoms with Gasteiger partial charge >= 0.3 is 17.9 Å². The number of aliphatic hydroxyl groups excluding tert-OH is 2. The molecule has 4 heterocycles. The first-order valence-electron chi connectivity index (χ1n) is 18.8. The molecule has 9 atom stereocenters. The number of cyclic esters (lactones) is 1. The molecule has 3 fully saturated rings. The van der Waals surface area contributed by atoms with Gasteiger partial charge < -0.3 is 48.5 Å². The van der Waals surface area contributed by atoms with E-state index >= 15 is 0 Å². The number of unbranched alkanes of at least 4 members (excludes halogenated alkanes) is 4. The molecule has 4 aliphatic rings. The average molecular weight is 725 g/mol. The molecule has 0 aromatic heterocycles. The Kier molecular flexibility index (Phi) is 15.9. The lowest BCUT2D eigenvalue weighted by Gasteiger charge is -2.51. The first-order chi connectivity index (χ1) is 24.3. The number of carbonyl (C=O) groups is 3. The summed E-state index contributed by atoms with van der Waals surface area (Å²) < 4.78 is 41.4. The number of aliphatic hydroxyl groups is 3. The molecule has 0 amide bonds. The minimum absolute atomic E-state index is 0.000953. The van der Waals surface area contributed by atoms with Crippen molar-refractivity contribution in [3.63, 3.8) is 0 Å². The van der Waals surface area contributed by atoms with Gasteiger partial charge in [0.2, 0.25) is 5.79 Å². The van der Waals surface area contributed by atoms with Gasteiger partial charge in [-0.25, -0.2) is 4.79 Å². The summed E-state index contributed by atoms with van der Waals surface area (Å²) in [5.74, 6) is -4.21. The Balaban J connectivity index is 1.68. The lowest BCUT2D eigenvalue weighted by molar-refractivity contribution is -0.327. The summed E-state index contributed by atoms with van der Waals surface area (Å²) in [7, 11) is 1.22. The SMILES string of the molecule is CCCCCCCC(=O)O[C@H]1C(=CC(=O)OC)C[C@H]2C[C@H](CO)OC(=O)C[C@H](O)C[C@@H]3CCCC(CC4CCO[C@H](C=CC(C)(C)[C@]1(O)O2)O4)O3. The molecule has 0 spiro atoms. The second-order valence-corrected chi connectivity index (χ2v) is 15.0. The smallest absolute Gasteiger partial charge is 0.330 e. The Morgan fingerprint density at radius 3 is 2.43 bits per heavy atom. The van der Waals surface area contributed by atoms with E-state index in [1.807, 2.05) is 0 Å². The van der Waals surface area contributed by atoms with Gasteiger partial charge in [0.15, 0.2) is 12.4 Å². The summed E-state index contributed by atoms with van der Waals surface area (Å²) in [6.45, 7) is 5.42. The van der Waals surface area contributed by atoms with Gasteiger partial charge in [-0.05, 0) is 56.6 Å². The van der Waals surface area contributed by atoms with Crippen LogP contribution in [0.3, 0.4) is 0 Å². The fraction of sp³-hybridized carbons (Fsp3) is 0.816. The van der Waals surface area contributed by atoms with Crippen molar-refractivity contribution < 1.29 is 62.9 Å². The average Bonchev–Trinajstić information content (AvgIpc) is 3.08. The van der Waals surface area contributed by atoms with Crippen LogP contribution in [0.15, 0.2) is 23.8 Å². The van der Waals surface area contributed by atoms with Crippen molar-refractivity contribution >= 4 is 17.9 Å². The summed E-state index contributed by atoms with van der Waals surface area (Å²) in [4.78, 5) is 38.9. The van der Waals surface area contributed by atoms with Crippen molar-refractivity contribution in [3.05, 3.63) is 23.8 Å². The van der Waals surface area contributed by atoms with E-state index in [9.17, 15) is 29.7 Å². The van der Waals surface area contributed by atoms with Crippen LogP contribution in [0.1, 0.15) is 117 Å². The number of hydrogen-bond acceptors (Lipinski definition) is 13. The normalized spacial score (nSPS) is 35.7. The Hall–Kier alpha value is -2.39. The second kappa shape index (κ2) is 19.6. The zero-order valence-corrected chi connectivity index (χ0v) is 30.8. The second-order valence-electron chi connectivity index (χ2n) is 15.0. The molecular weight excluding hydrogens is 664 g/mol. The molecule has 13 heteroatoms. The summed E-state index contributed by atoms with van der Waals surface area (Å²) >= 11 is 0. The van der Waals surface area contributed by atoms with Gasteiger partial charge in [-0.3, -0.25) is 9.59 Å². The van der Waals surface area contributed by atoms with Gasteiger partial charge in [-0.15, -0.1) is 0 Å². The monoisotopic (exact) mass is 724 g/mol. The maximum Gasteiger partial charge on any atom is 0.330 e. The molecule has 0 radical (unpaired) electrons. The molecule has 0 saturated carbocycles. The van der Waals surface area contributed by atoms with Crippen LogP contribution in [0.2, 0.25) is 0 Å². The topological polar surface area (TPSA) is 177 Å². The number of ether oxygens (including phenoxy) is 7. The standard InChI is InChI=1S/C38H60O13/c1-5-6-7-8-9-13-32(41)50-36-25(19-33(42)45-4)18-30-23-31(24-39)48-34(43)21-26(40)20-27-11-10-12-28(47-27)22-29-15-17-46-35(49-29)14-16-37(2,3)38(36,44)51-30/h14,16,19,26-31,35-36,39-40,44H,5-13,15,17-18,20-24H2,1-4H3/t26-,27+,28?,29?,30+,31-,35+,36+,38-/m1/s1. The van der Waals surface area contributed by atoms with Gasteiger partial charge in [-0.2, -0.15) is 0 Å². The van der Waals surface area contributed by atoms with Crippen LogP contribution in [-0.2, 0) is 47.5 Å². The Bertz CT molecular complexity index is 1200. The molecule has 2 unspecified atom stereocenters. The van der Waals surface area contributed by atoms with Gasteiger partial charge in [0.1, 0.15) is 6.10 Å². The number of esters is 3. The highest BCUT2D eigenvalue weighted by atomic mass is 16.7. The molecule has 4 rings (SSSR count). The Morgan fingerprint density at radius 1 is 0.980 bits per heavy atom. The minimum Gasteiger partial charge on any atom is -0.466 e. The summed E-state index contributed by atoms with van der Waals surface area (Å²) in [6.07, 6.45) is 7.50. The number of rotatable bonds is 9. The summed E-state index contributed by atoms with van der Waals surface area (Å²) in [6, 6.07) is 0. The zero-order chi connectivity index (χ0) is 37.0. The minimum atomic E-state index is -2.25. The van der Waals surface area contributed by atoms with Gasteiger partial charge in [0.05, 0.1) is 57.3 Å². The molecule has 0 aliphatic carbocycles. The van der Waals surface area contributed by atoms with Crippen molar-refractivity contribution in [1.29, 1.82) is 0 Å². The van der Waals surface area contributed by atoms with E-state index in [1.165, 1.54) is 13.2 Å². The van der Waals surface area contributed by atoms with Crippen LogP contribution in [0.5, 0.6) is 0 Å². The summed E-state index contributed by atoms with van der Waals surface area (Å²) in [5, 5.41) is 33.6. The number of carbonyl (C=O) groups excluding carboxylic acids is 3. The van der Waals surface area contributed by atoms with E-state index in [2.05, 4.69) is 6.92 Å². The predicted molar refractivity (Wildman–Crippen MR) is 184 cm³/mol. The lowest BCUT2D eigenvalue weighted by atomic mass is 9.74. The van der Waals surface area contributed by atoms with Gasteiger partial charge in [0.25, 0.3) is 0 Å². The van der Waals surface area contributed by atoms with E-state index in [0.29, 0.717) is 25.9 Å². The fourth-order valence-electron chi connectivity index (χ4n) is 7.38. The van der Waals surface area contributed by atoms with E-state index in [1.54, 1.807) is 26.0 Å². The largest absolute Gasteiger partial charge is 0.466 e. The molecule has 6 bridgehead atoms. The highest BCUT2D eigenvalue weighted by molar-refractivity contribution is 5.83. The Labute approximate surface area is 302 Å². The van der Waals surface area contributed by atoms with E-state index in [-0.39, 0.29) is 56.0 Å². The Morgan fingerprint density at radius 2 is 1.71 bits per heavy atom. The van der Waals surface area contributed by atoms with Crippen molar-refractivity contribution in [3.8, 4) is 0 Å². The van der Waals surface area contributed by atoms with Crippen LogP contribution in [0, 0.1) is 5.41 Å². The van der Waals surface area contributed by atoms with E-state index in [4.69, 9.17) is 33.2 Å². The van der Waals surface area contributed by atoms with E-state index < -0.39 is 66.4 Å². The number of fused-ring (bicyclic) bond motifs is 6. The lowest BCUT2D eigenvalue weighted by Crippen LogP contribution is -2.62. The molecular formula is C38H60O13. The highest BCUT2D eigenvalue weighted by Crippen LogP contribution is 2.47. The third kappa shape index (κ3) is 12.1. The predicted octanol–water partition coefficient (Wildman–Crippen LogP) is 4.33. The van der Waals surface area contributed by atoms with Crippen molar-refractivity contribution in [1.82, 2.24) is 0 Å². The third-order valence-corrected chi connectivity index (χ3v) is 10.3. The fourth-order valence-corrected chi connectivity index (χ4v) is 7.38. The molecule has 13 nitrogen and oxygen atoms in total. The number of hydrogen-bond donors (Lipinski definition) is 3. The molecule has 51 heavy (non-hydrogen) atoms. The van der Waals surface area contributed by atoms with Crippen molar-refractivity contribution in [2.75, 3.05) is 20.3 Å². The quantitative estimate of drug-likeness (QED) is 0.101. The highest BCUT2D eigenvalue weighted by Gasteiger charge is 2.57. The molecule has 4 aliphatic heterocycles. The summed E-state index contributed by atoms with van der Waals surface area (Å²) in [5.41, 5.74) is -1.04. The molecule has 3 saturated heterocycles. The number of methoxy groups -OCH3 is 1. The van der Waals surface area contributed by atoms with Crippen molar-refractivity contribution in [2.24, 2.45) is 5.41 Å². The van der Waals surface area contributed by atoms with Gasteiger partial charge in [-0.1, -0.05) is 52.5 Å². The molecule has 0 aromatic rings. The van der Waals surface area contributed by atoms with E-state index in [0.717, 1.165) is 44.9 Å². The maximum atomic E-state index is 13.3. The first-order valence-corrected chi connectivity index (χ1v) is 18.8. The zero-order valence-electron chi connectivity index (χ0n) is 30.8. The van der Waals surface area contributed by atoms with Gasteiger partial charge in [0, 0.05) is 30.8 Å². The van der Waals surface area contributed by atoms with Crippen LogP contribution in [-0.4, -0.2) is 108 Å². The molecule has 290 valence electrons. The maximum absolute atomic E-state index is 13.3. The van der Waals surface area contributed by atoms with Crippen LogP contribution < -0.4 is 0 Å².